The van der Waals surface area contributed by atoms with Crippen molar-refractivity contribution >= 4 is 5.97 Å². The van der Waals surface area contributed by atoms with E-state index in [0.717, 1.165) is 24.8 Å². The maximum Gasteiger partial charge on any atom is 0.314 e. The first-order chi connectivity index (χ1) is 8.97. The Morgan fingerprint density at radius 2 is 1.89 bits per heavy atom. The van der Waals surface area contributed by atoms with Crippen LogP contribution in [0.4, 0.5) is 4.39 Å². The lowest BCUT2D eigenvalue weighted by Crippen LogP contribution is -2.38. The monoisotopic (exact) mass is 264 g/mol. The van der Waals surface area contributed by atoms with E-state index in [2.05, 4.69) is 0 Å². The summed E-state index contributed by atoms with van der Waals surface area (Å²) in [5, 5.41) is 9.63. The van der Waals surface area contributed by atoms with Crippen molar-refractivity contribution in [3.8, 4) is 0 Å². The molecule has 2 rings (SSSR count). The van der Waals surface area contributed by atoms with Crippen molar-refractivity contribution in [3.05, 3.63) is 35.1 Å². The Labute approximate surface area is 113 Å². The van der Waals surface area contributed by atoms with Crippen LogP contribution in [0.25, 0.3) is 0 Å². The molecule has 2 nitrogen and oxygen atoms in total. The van der Waals surface area contributed by atoms with Crippen LogP contribution in [0.2, 0.25) is 0 Å². The molecule has 0 unspecified atom stereocenters. The first kappa shape index (κ1) is 14.0. The molecule has 0 bridgehead atoms. The second-order valence-electron chi connectivity index (χ2n) is 5.84. The summed E-state index contributed by atoms with van der Waals surface area (Å²) in [4.78, 5) is 11.7. The number of carboxylic acids is 1. The van der Waals surface area contributed by atoms with E-state index in [-0.39, 0.29) is 11.7 Å². The van der Waals surface area contributed by atoms with Gasteiger partial charge in [0.05, 0.1) is 5.41 Å². The molecule has 1 aliphatic rings. The number of hydrogen-bond acceptors (Lipinski definition) is 1. The predicted octanol–water partition coefficient (Wildman–Crippen LogP) is 4.24. The van der Waals surface area contributed by atoms with Gasteiger partial charge in [-0.05, 0) is 30.4 Å². The van der Waals surface area contributed by atoms with Crippen LogP contribution < -0.4 is 0 Å². The summed E-state index contributed by atoms with van der Waals surface area (Å²) in [6.45, 7) is 4.07. The third-order valence-corrected chi connectivity index (χ3v) is 4.29. The lowest BCUT2D eigenvalue weighted by molar-refractivity contribution is -0.145. The van der Waals surface area contributed by atoms with Gasteiger partial charge in [0.15, 0.2) is 0 Å². The SMILES string of the molecule is CC(C)c1ccc(F)c(C2(C(=O)O)CCCCC2)c1. The largest absolute Gasteiger partial charge is 0.481 e. The topological polar surface area (TPSA) is 37.3 Å². The van der Waals surface area contributed by atoms with Crippen LogP contribution >= 0.6 is 0 Å². The minimum absolute atomic E-state index is 0.272. The van der Waals surface area contributed by atoms with Gasteiger partial charge in [-0.2, -0.15) is 0 Å². The van der Waals surface area contributed by atoms with Gasteiger partial charge >= 0.3 is 5.97 Å². The van der Waals surface area contributed by atoms with Crippen LogP contribution in [-0.2, 0) is 10.2 Å². The lowest BCUT2D eigenvalue weighted by atomic mass is 9.69. The van der Waals surface area contributed by atoms with E-state index in [4.69, 9.17) is 0 Å². The van der Waals surface area contributed by atoms with Gasteiger partial charge < -0.3 is 5.11 Å². The standard InChI is InChI=1S/C16H21FO2/c1-11(2)12-6-7-14(17)13(10-12)16(15(18)19)8-4-3-5-9-16/h6-7,10-11H,3-5,8-9H2,1-2H3,(H,18,19). The number of hydrogen-bond donors (Lipinski definition) is 1. The number of halogens is 1. The average Bonchev–Trinajstić information content (AvgIpc) is 2.39. The summed E-state index contributed by atoms with van der Waals surface area (Å²) in [5.74, 6) is -0.991. The molecule has 0 aliphatic heterocycles. The number of rotatable bonds is 3. The highest BCUT2D eigenvalue weighted by Gasteiger charge is 2.43. The minimum atomic E-state index is -1.02. The van der Waals surface area contributed by atoms with E-state index >= 15 is 0 Å². The van der Waals surface area contributed by atoms with Gasteiger partial charge in [0, 0.05) is 5.56 Å². The van der Waals surface area contributed by atoms with Crippen LogP contribution in [-0.4, -0.2) is 11.1 Å². The van der Waals surface area contributed by atoms with Gasteiger partial charge in [-0.15, -0.1) is 0 Å². The van der Waals surface area contributed by atoms with E-state index in [1.54, 1.807) is 12.1 Å². The first-order valence-electron chi connectivity index (χ1n) is 7.01. The molecule has 1 saturated carbocycles. The van der Waals surface area contributed by atoms with E-state index in [1.165, 1.54) is 6.07 Å². The van der Waals surface area contributed by atoms with Gasteiger partial charge in [-0.1, -0.05) is 45.2 Å². The third kappa shape index (κ3) is 2.51. The van der Waals surface area contributed by atoms with Gasteiger partial charge in [0.25, 0.3) is 0 Å². The Balaban J connectivity index is 2.52. The Bertz CT molecular complexity index is 474. The van der Waals surface area contributed by atoms with Crippen molar-refractivity contribution in [2.24, 2.45) is 0 Å². The summed E-state index contributed by atoms with van der Waals surface area (Å²) in [5.41, 5.74) is 0.362. The molecule has 0 spiro atoms. The molecule has 0 amide bonds. The van der Waals surface area contributed by atoms with Crippen LogP contribution in [0, 0.1) is 5.82 Å². The highest BCUT2D eigenvalue weighted by atomic mass is 19.1. The summed E-state index contributed by atoms with van der Waals surface area (Å²) in [7, 11) is 0. The molecular weight excluding hydrogens is 243 g/mol. The Morgan fingerprint density at radius 1 is 1.26 bits per heavy atom. The highest BCUT2D eigenvalue weighted by molar-refractivity contribution is 5.81. The molecule has 19 heavy (non-hydrogen) atoms. The van der Waals surface area contributed by atoms with E-state index in [1.807, 2.05) is 13.8 Å². The molecule has 1 aromatic carbocycles. The minimum Gasteiger partial charge on any atom is -0.481 e. The van der Waals surface area contributed by atoms with Crippen molar-refractivity contribution in [3.63, 3.8) is 0 Å². The highest BCUT2D eigenvalue weighted by Crippen LogP contribution is 2.41. The maximum atomic E-state index is 14.2. The van der Waals surface area contributed by atoms with E-state index in [0.29, 0.717) is 18.4 Å². The van der Waals surface area contributed by atoms with Gasteiger partial charge in [-0.25, -0.2) is 4.39 Å². The molecule has 0 radical (unpaired) electrons. The molecule has 1 aliphatic carbocycles. The van der Waals surface area contributed by atoms with Gasteiger partial charge in [-0.3, -0.25) is 4.79 Å². The third-order valence-electron chi connectivity index (χ3n) is 4.29. The summed E-state index contributed by atoms with van der Waals surface area (Å²) in [6, 6.07) is 4.94. The lowest BCUT2D eigenvalue weighted by Gasteiger charge is -2.34. The van der Waals surface area contributed by atoms with Crippen molar-refractivity contribution < 1.29 is 14.3 Å². The van der Waals surface area contributed by atoms with Crippen LogP contribution in [0.3, 0.4) is 0 Å². The zero-order chi connectivity index (χ0) is 14.0. The number of carbonyl (C=O) groups is 1. The zero-order valence-corrected chi connectivity index (χ0v) is 11.6. The molecule has 1 aromatic rings. The molecule has 1 N–H and O–H groups in total. The fourth-order valence-corrected chi connectivity index (χ4v) is 3.02. The van der Waals surface area contributed by atoms with Crippen molar-refractivity contribution in [1.29, 1.82) is 0 Å². The number of aliphatic carboxylic acids is 1. The smallest absolute Gasteiger partial charge is 0.314 e. The molecule has 0 atom stereocenters. The van der Waals surface area contributed by atoms with Crippen LogP contribution in [0.1, 0.15) is 63.0 Å². The van der Waals surface area contributed by atoms with Crippen molar-refractivity contribution in [1.82, 2.24) is 0 Å². The summed E-state index contributed by atoms with van der Waals surface area (Å²) < 4.78 is 14.2. The summed E-state index contributed by atoms with van der Waals surface area (Å²) in [6.07, 6.45) is 3.84. The quantitative estimate of drug-likeness (QED) is 0.886. The van der Waals surface area contributed by atoms with Crippen molar-refractivity contribution in [2.75, 3.05) is 0 Å². The van der Waals surface area contributed by atoms with Crippen molar-refractivity contribution in [2.45, 2.75) is 57.3 Å². The Morgan fingerprint density at radius 3 is 2.42 bits per heavy atom. The average molecular weight is 264 g/mol. The molecule has 0 heterocycles. The summed E-state index contributed by atoms with van der Waals surface area (Å²) >= 11 is 0. The van der Waals surface area contributed by atoms with Gasteiger partial charge in [0.1, 0.15) is 5.82 Å². The molecule has 1 fully saturated rings. The fourth-order valence-electron chi connectivity index (χ4n) is 3.02. The maximum absolute atomic E-state index is 14.2. The normalized spacial score (nSPS) is 18.5. The fraction of sp³-hybridized carbons (Fsp3) is 0.562. The first-order valence-corrected chi connectivity index (χ1v) is 7.01. The Kier molecular flexibility index (Phi) is 3.93. The number of carboxylic acid groups (broad SMARTS) is 1. The molecular formula is C16H21FO2. The number of benzene rings is 1. The molecule has 0 aromatic heterocycles. The Hall–Kier alpha value is -1.38. The van der Waals surface area contributed by atoms with Crippen LogP contribution in [0.15, 0.2) is 18.2 Å². The van der Waals surface area contributed by atoms with E-state index in [9.17, 15) is 14.3 Å². The zero-order valence-electron chi connectivity index (χ0n) is 11.6. The predicted molar refractivity (Wildman–Crippen MR) is 72.9 cm³/mol. The second-order valence-corrected chi connectivity index (χ2v) is 5.84. The molecule has 104 valence electrons. The van der Waals surface area contributed by atoms with Gasteiger partial charge in [0.2, 0.25) is 0 Å². The van der Waals surface area contributed by atoms with E-state index < -0.39 is 11.4 Å². The molecule has 3 heteroatoms. The molecule has 0 saturated heterocycles. The second kappa shape index (κ2) is 5.32. The van der Waals surface area contributed by atoms with Crippen LogP contribution in [0.5, 0.6) is 0 Å².